The molecule has 0 bridgehead atoms. The van der Waals surface area contributed by atoms with Crippen molar-refractivity contribution in [2.75, 3.05) is 118 Å². The van der Waals surface area contributed by atoms with Gasteiger partial charge in [0.15, 0.2) is 0 Å². The first kappa shape index (κ1) is 43.5. The Hall–Kier alpha value is 0.510. The van der Waals surface area contributed by atoms with Crippen molar-refractivity contribution in [1.82, 2.24) is 29.4 Å². The van der Waals surface area contributed by atoms with Crippen LogP contribution in [-0.4, -0.2) is 188 Å². The van der Waals surface area contributed by atoms with Crippen molar-refractivity contribution < 1.29 is 8.56 Å². The van der Waals surface area contributed by atoms with Crippen molar-refractivity contribution in [2.24, 2.45) is 0 Å². The van der Waals surface area contributed by atoms with Crippen molar-refractivity contribution in [3.8, 4) is 0 Å². The molecule has 258 valence electrons. The molecule has 43 heavy (non-hydrogen) atoms. The predicted molar refractivity (Wildman–Crippen MR) is 187 cm³/mol. The van der Waals surface area contributed by atoms with E-state index in [1.807, 2.05) is 0 Å². The molecule has 0 saturated heterocycles. The second kappa shape index (κ2) is 27.6. The number of likely N-dealkylation sites (N-methyl/N-ethyl adjacent to an activating group) is 6. The molecule has 0 unspecified atom stereocenters. The quantitative estimate of drug-likeness (QED) is 0.109. The zero-order chi connectivity index (χ0) is 32.6. The van der Waals surface area contributed by atoms with E-state index < -0.39 is 22.7 Å². The van der Waals surface area contributed by atoms with Crippen LogP contribution in [0.1, 0.15) is 83.1 Å². The Morgan fingerprint density at radius 3 is 0.558 bits per heavy atom. The monoisotopic (exact) mass is 718 g/mol. The van der Waals surface area contributed by atoms with E-state index >= 15 is 0 Å². The number of rotatable bonds is 30. The summed E-state index contributed by atoms with van der Waals surface area (Å²) in [6.07, 6.45) is 0.224. The average molecular weight is 719 g/mol. The minimum atomic E-state index is -3.49. The van der Waals surface area contributed by atoms with Crippen LogP contribution in [0.2, 0.25) is 0 Å². The van der Waals surface area contributed by atoms with Crippen LogP contribution >= 0.6 is 0 Å². The fraction of sp³-hybridized carbons (Fsp3) is 1.00. The fourth-order valence-corrected chi connectivity index (χ4v) is 10.3. The third-order valence-corrected chi connectivity index (χ3v) is 14.2. The number of hydrogen-bond donors (Lipinski definition) is 0. The number of hydrogen-bond acceptors (Lipinski definition) is 9. The van der Waals surface area contributed by atoms with Gasteiger partial charge in [-0.05, 0) is 0 Å². The van der Waals surface area contributed by atoms with Crippen molar-refractivity contribution >= 4 is 22.7 Å². The Morgan fingerprint density at radius 2 is 0.442 bits per heavy atom. The van der Waals surface area contributed by atoms with Gasteiger partial charge in [-0.3, -0.25) is 0 Å². The van der Waals surface area contributed by atoms with Crippen molar-refractivity contribution in [1.29, 1.82) is 0 Å². The summed E-state index contributed by atoms with van der Waals surface area (Å²) in [5.74, 6) is 0. The first-order valence-corrected chi connectivity index (χ1v) is 22.1. The van der Waals surface area contributed by atoms with Crippen molar-refractivity contribution in [3.63, 3.8) is 0 Å². The topological polar surface area (TPSA) is 47.1 Å². The predicted octanol–water partition coefficient (Wildman–Crippen LogP) is 4.18. The standard InChI is InChI=1S/3C11H25N2O.In/c3*1-5-12(6-2)9-11(14)10-13(7-3)8-4;/h3*11H,5-10H2,1-4H3;/q3*-1;+3. The summed E-state index contributed by atoms with van der Waals surface area (Å²) >= 11 is -3.49. The van der Waals surface area contributed by atoms with Crippen LogP contribution in [0.3, 0.4) is 0 Å². The first-order chi connectivity index (χ1) is 20.7. The van der Waals surface area contributed by atoms with Gasteiger partial charge in [0.25, 0.3) is 0 Å². The molecule has 0 heterocycles. The molecule has 0 aliphatic heterocycles. The van der Waals surface area contributed by atoms with Gasteiger partial charge in [-0.2, -0.15) is 0 Å². The van der Waals surface area contributed by atoms with Gasteiger partial charge in [0.2, 0.25) is 0 Å². The molecule has 0 atom stereocenters. The molecule has 0 aliphatic rings. The second-order valence-electron chi connectivity index (χ2n) is 11.5. The van der Waals surface area contributed by atoms with E-state index in [0.29, 0.717) is 0 Å². The van der Waals surface area contributed by atoms with Gasteiger partial charge in [-0.25, -0.2) is 0 Å². The summed E-state index contributed by atoms with van der Waals surface area (Å²) in [4.78, 5) is 14.9. The van der Waals surface area contributed by atoms with Gasteiger partial charge >= 0.3 is 280 Å². The SMILES string of the molecule is CCN(CC)CC(CN(CC)CC)[O][In]([O]C(CN(CC)CC)CN(CC)CC)[O]C(CN(CC)CC)CN(CC)CC. The summed E-state index contributed by atoms with van der Waals surface area (Å²) in [5, 5.41) is 0. The summed E-state index contributed by atoms with van der Waals surface area (Å²) in [6.45, 7) is 44.8. The van der Waals surface area contributed by atoms with E-state index in [0.717, 1.165) is 118 Å². The molecular formula is C33H75InN6O3. The van der Waals surface area contributed by atoms with Crippen molar-refractivity contribution in [3.05, 3.63) is 0 Å². The average Bonchev–Trinajstić information content (AvgIpc) is 3.03. The number of nitrogens with zero attached hydrogens (tertiary/aromatic N) is 6. The zero-order valence-corrected chi connectivity index (χ0v) is 34.2. The van der Waals surface area contributed by atoms with E-state index in [4.69, 9.17) is 8.56 Å². The molecule has 0 rings (SSSR count). The van der Waals surface area contributed by atoms with Gasteiger partial charge in [-0.15, -0.1) is 0 Å². The molecule has 0 saturated carbocycles. The Morgan fingerprint density at radius 1 is 0.302 bits per heavy atom. The molecule has 0 aromatic rings. The Labute approximate surface area is 278 Å². The molecule has 10 heteroatoms. The van der Waals surface area contributed by atoms with E-state index in [2.05, 4.69) is 112 Å². The normalized spacial score (nSPS) is 12.8. The first-order valence-electron chi connectivity index (χ1n) is 18.0. The van der Waals surface area contributed by atoms with Gasteiger partial charge in [0, 0.05) is 0 Å². The Bertz CT molecular complexity index is 478. The van der Waals surface area contributed by atoms with E-state index in [1.54, 1.807) is 0 Å². The van der Waals surface area contributed by atoms with E-state index in [-0.39, 0.29) is 18.3 Å². The molecule has 0 N–H and O–H groups in total. The Kier molecular flexibility index (Phi) is 27.9. The molecule has 0 aromatic heterocycles. The molecule has 0 aliphatic carbocycles. The molecular weight excluding hydrogens is 643 g/mol. The molecule has 9 nitrogen and oxygen atoms in total. The summed E-state index contributed by atoms with van der Waals surface area (Å²) in [6, 6.07) is 0. The van der Waals surface area contributed by atoms with Gasteiger partial charge in [0.05, 0.1) is 0 Å². The summed E-state index contributed by atoms with van der Waals surface area (Å²) in [5.41, 5.74) is 0. The van der Waals surface area contributed by atoms with Crippen LogP contribution in [0.25, 0.3) is 0 Å². The zero-order valence-electron chi connectivity index (χ0n) is 30.9. The van der Waals surface area contributed by atoms with Crippen LogP contribution < -0.4 is 0 Å². The van der Waals surface area contributed by atoms with Crippen LogP contribution in [0.5, 0.6) is 0 Å². The molecule has 0 aromatic carbocycles. The third kappa shape index (κ3) is 19.1. The fourth-order valence-electron chi connectivity index (χ4n) is 5.62. The third-order valence-electron chi connectivity index (χ3n) is 9.05. The molecule has 0 amide bonds. The Balaban J connectivity index is 6.51. The van der Waals surface area contributed by atoms with Gasteiger partial charge in [-0.1, -0.05) is 0 Å². The minimum absolute atomic E-state index is 0.0747. The summed E-state index contributed by atoms with van der Waals surface area (Å²) < 4.78 is 21.6. The molecule has 0 radical (unpaired) electrons. The summed E-state index contributed by atoms with van der Waals surface area (Å²) in [7, 11) is 0. The van der Waals surface area contributed by atoms with E-state index in [9.17, 15) is 0 Å². The molecule has 0 fully saturated rings. The van der Waals surface area contributed by atoms with E-state index in [1.165, 1.54) is 0 Å². The van der Waals surface area contributed by atoms with Crippen LogP contribution in [0.15, 0.2) is 0 Å². The van der Waals surface area contributed by atoms with Crippen LogP contribution in [0.4, 0.5) is 0 Å². The second-order valence-corrected chi connectivity index (χ2v) is 15.5. The van der Waals surface area contributed by atoms with Crippen molar-refractivity contribution in [2.45, 2.75) is 101 Å². The van der Waals surface area contributed by atoms with Crippen LogP contribution in [-0.2, 0) is 8.56 Å². The maximum atomic E-state index is 7.18. The van der Waals surface area contributed by atoms with Gasteiger partial charge < -0.3 is 0 Å². The van der Waals surface area contributed by atoms with Gasteiger partial charge in [0.1, 0.15) is 0 Å². The van der Waals surface area contributed by atoms with Crippen LogP contribution in [0, 0.1) is 0 Å². The molecule has 0 spiro atoms. The maximum absolute atomic E-state index is 7.18.